The van der Waals surface area contributed by atoms with Crippen LogP contribution in [0.4, 0.5) is 0 Å². The number of aliphatic hydroxyl groups excluding tert-OH is 1. The van der Waals surface area contributed by atoms with E-state index in [1.807, 2.05) is 30.7 Å². The predicted molar refractivity (Wildman–Crippen MR) is 83.3 cm³/mol. The lowest BCUT2D eigenvalue weighted by atomic mass is 9.95. The van der Waals surface area contributed by atoms with E-state index in [0.717, 1.165) is 17.0 Å². The van der Waals surface area contributed by atoms with Crippen molar-refractivity contribution in [2.75, 3.05) is 6.61 Å². The van der Waals surface area contributed by atoms with Crippen LogP contribution in [-0.2, 0) is 0 Å². The zero-order valence-corrected chi connectivity index (χ0v) is 13.2. The van der Waals surface area contributed by atoms with Gasteiger partial charge in [0.15, 0.2) is 0 Å². The lowest BCUT2D eigenvalue weighted by Gasteiger charge is -2.28. The van der Waals surface area contributed by atoms with Crippen molar-refractivity contribution in [3.05, 3.63) is 27.9 Å². The van der Waals surface area contributed by atoms with E-state index < -0.39 is 5.54 Å². The Labute approximate surface area is 126 Å². The molecule has 1 unspecified atom stereocenters. The molecule has 2 aromatic rings. The highest BCUT2D eigenvalue weighted by atomic mass is 32.1. The van der Waals surface area contributed by atoms with Gasteiger partial charge in [0, 0.05) is 28.5 Å². The first-order valence-corrected chi connectivity index (χ1v) is 8.31. The summed E-state index contributed by atoms with van der Waals surface area (Å²) in [5.41, 5.74) is 1.10. The Hall–Kier alpha value is -1.24. The van der Waals surface area contributed by atoms with Crippen molar-refractivity contribution in [2.24, 2.45) is 0 Å². The maximum Gasteiger partial charge on any atom is 0.271 e. The minimum atomic E-state index is -0.391. The number of carbonyl (C=O) groups is 1. The van der Waals surface area contributed by atoms with Crippen molar-refractivity contribution in [3.63, 3.8) is 0 Å². The van der Waals surface area contributed by atoms with Crippen LogP contribution in [0.1, 0.15) is 37.2 Å². The van der Waals surface area contributed by atoms with E-state index in [9.17, 15) is 4.79 Å². The third-order valence-electron chi connectivity index (χ3n) is 3.36. The number of nitrogens with one attached hydrogen (secondary N) is 1. The Morgan fingerprint density at radius 3 is 2.90 bits per heavy atom. The first-order chi connectivity index (χ1) is 9.58. The molecule has 1 amide bonds. The summed E-state index contributed by atoms with van der Waals surface area (Å²) >= 11 is 3.08. The van der Waals surface area contributed by atoms with Gasteiger partial charge in [-0.05, 0) is 31.2 Å². The van der Waals surface area contributed by atoms with Gasteiger partial charge in [0.2, 0.25) is 0 Å². The molecule has 0 aliphatic carbocycles. The number of thiophene rings is 1. The highest BCUT2D eigenvalue weighted by molar-refractivity contribution is 7.14. The Kier molecular flexibility index (Phi) is 4.91. The largest absolute Gasteiger partial charge is 0.396 e. The second-order valence-corrected chi connectivity index (χ2v) is 6.53. The molecular formula is C14H18N2O2S2. The molecule has 4 nitrogen and oxygen atoms in total. The molecule has 2 aromatic heterocycles. The number of amides is 1. The molecule has 108 valence electrons. The Bertz CT molecular complexity index is 566. The van der Waals surface area contributed by atoms with Gasteiger partial charge in [-0.25, -0.2) is 4.98 Å². The fourth-order valence-corrected chi connectivity index (χ4v) is 3.32. The van der Waals surface area contributed by atoms with Gasteiger partial charge in [-0.1, -0.05) is 6.92 Å². The number of thiazole rings is 1. The van der Waals surface area contributed by atoms with Crippen molar-refractivity contribution in [1.29, 1.82) is 0 Å². The van der Waals surface area contributed by atoms with Gasteiger partial charge >= 0.3 is 0 Å². The van der Waals surface area contributed by atoms with E-state index in [2.05, 4.69) is 10.3 Å². The summed E-state index contributed by atoms with van der Waals surface area (Å²) < 4.78 is 0. The number of hydrogen-bond donors (Lipinski definition) is 2. The average Bonchev–Trinajstić information content (AvgIpc) is 3.09. The summed E-state index contributed by atoms with van der Waals surface area (Å²) in [6.45, 7) is 3.99. The molecular weight excluding hydrogens is 292 g/mol. The summed E-state index contributed by atoms with van der Waals surface area (Å²) in [5.74, 6) is -0.180. The maximum atomic E-state index is 12.2. The molecule has 0 saturated heterocycles. The van der Waals surface area contributed by atoms with Crippen molar-refractivity contribution in [1.82, 2.24) is 10.3 Å². The summed E-state index contributed by atoms with van der Waals surface area (Å²) in [7, 11) is 0. The van der Waals surface area contributed by atoms with Crippen molar-refractivity contribution in [2.45, 2.75) is 32.2 Å². The van der Waals surface area contributed by atoms with Crippen LogP contribution in [0.5, 0.6) is 0 Å². The lowest BCUT2D eigenvalue weighted by Crippen LogP contribution is -2.46. The normalized spacial score (nSPS) is 13.9. The zero-order valence-electron chi connectivity index (χ0n) is 11.5. The summed E-state index contributed by atoms with van der Waals surface area (Å²) in [4.78, 5) is 16.6. The molecule has 1 atom stereocenters. The van der Waals surface area contributed by atoms with E-state index in [0.29, 0.717) is 12.1 Å². The second kappa shape index (κ2) is 6.47. The number of nitrogens with zero attached hydrogens (tertiary/aromatic N) is 1. The van der Waals surface area contributed by atoms with Gasteiger partial charge in [-0.15, -0.1) is 11.3 Å². The lowest BCUT2D eigenvalue weighted by molar-refractivity contribution is 0.0882. The van der Waals surface area contributed by atoms with E-state index in [-0.39, 0.29) is 12.5 Å². The first-order valence-electron chi connectivity index (χ1n) is 6.49. The highest BCUT2D eigenvalue weighted by Gasteiger charge is 2.25. The summed E-state index contributed by atoms with van der Waals surface area (Å²) in [6.07, 6.45) is 1.30. The minimum Gasteiger partial charge on any atom is -0.396 e. The number of aliphatic hydroxyl groups is 1. The first kappa shape index (κ1) is 15.2. The van der Waals surface area contributed by atoms with Gasteiger partial charge in [0.25, 0.3) is 5.91 Å². The number of hydrogen-bond acceptors (Lipinski definition) is 5. The van der Waals surface area contributed by atoms with Gasteiger partial charge in [-0.3, -0.25) is 4.79 Å². The third-order valence-corrected chi connectivity index (χ3v) is 4.94. The fourth-order valence-electron chi connectivity index (χ4n) is 1.81. The third kappa shape index (κ3) is 3.45. The molecule has 0 radical (unpaired) electrons. The number of aromatic nitrogens is 1. The molecule has 0 fully saturated rings. The van der Waals surface area contributed by atoms with Crippen LogP contribution in [-0.4, -0.2) is 28.1 Å². The average molecular weight is 310 g/mol. The van der Waals surface area contributed by atoms with Crippen LogP contribution in [0, 0.1) is 0 Å². The monoisotopic (exact) mass is 310 g/mol. The SMILES string of the molecule is CCC(C)(CCO)NC(=O)c1csc(-c2ccsc2)n1. The minimum absolute atomic E-state index is 0.0574. The van der Waals surface area contributed by atoms with Crippen molar-refractivity contribution >= 4 is 28.6 Å². The van der Waals surface area contributed by atoms with E-state index in [1.54, 1.807) is 16.7 Å². The van der Waals surface area contributed by atoms with Crippen LogP contribution >= 0.6 is 22.7 Å². The van der Waals surface area contributed by atoms with Crippen molar-refractivity contribution < 1.29 is 9.90 Å². The molecule has 0 spiro atoms. The van der Waals surface area contributed by atoms with E-state index >= 15 is 0 Å². The number of rotatable bonds is 6. The van der Waals surface area contributed by atoms with Crippen LogP contribution in [0.2, 0.25) is 0 Å². The quantitative estimate of drug-likeness (QED) is 0.861. The van der Waals surface area contributed by atoms with Crippen LogP contribution < -0.4 is 5.32 Å². The Morgan fingerprint density at radius 1 is 1.50 bits per heavy atom. The van der Waals surface area contributed by atoms with Crippen molar-refractivity contribution in [3.8, 4) is 10.6 Å². The van der Waals surface area contributed by atoms with E-state index in [4.69, 9.17) is 5.11 Å². The van der Waals surface area contributed by atoms with E-state index in [1.165, 1.54) is 11.3 Å². The Balaban J connectivity index is 2.10. The van der Waals surface area contributed by atoms with Gasteiger partial charge in [-0.2, -0.15) is 11.3 Å². The van der Waals surface area contributed by atoms with Crippen LogP contribution in [0.25, 0.3) is 10.6 Å². The second-order valence-electron chi connectivity index (χ2n) is 4.89. The van der Waals surface area contributed by atoms with Gasteiger partial charge < -0.3 is 10.4 Å². The molecule has 0 aromatic carbocycles. The molecule has 0 aliphatic rings. The number of carbonyl (C=O) groups excluding carboxylic acids is 1. The Morgan fingerprint density at radius 2 is 2.30 bits per heavy atom. The van der Waals surface area contributed by atoms with Crippen LogP contribution in [0.3, 0.4) is 0 Å². The molecule has 0 bridgehead atoms. The summed E-state index contributed by atoms with van der Waals surface area (Å²) in [6, 6.07) is 1.99. The maximum absolute atomic E-state index is 12.2. The molecule has 0 saturated carbocycles. The van der Waals surface area contributed by atoms with Gasteiger partial charge in [0.1, 0.15) is 10.7 Å². The molecule has 6 heteroatoms. The topological polar surface area (TPSA) is 62.2 Å². The van der Waals surface area contributed by atoms with Crippen LogP contribution in [0.15, 0.2) is 22.2 Å². The smallest absolute Gasteiger partial charge is 0.271 e. The standard InChI is InChI=1S/C14H18N2O2S2/c1-3-14(2,5-6-17)16-12(18)11-9-20-13(15-11)10-4-7-19-8-10/h4,7-9,17H,3,5-6H2,1-2H3,(H,16,18). The molecule has 0 aliphatic heterocycles. The zero-order chi connectivity index (χ0) is 14.6. The molecule has 2 heterocycles. The highest BCUT2D eigenvalue weighted by Crippen LogP contribution is 2.26. The molecule has 2 rings (SSSR count). The summed E-state index contributed by atoms with van der Waals surface area (Å²) in [5, 5.41) is 18.7. The predicted octanol–water partition coefficient (Wildman–Crippen LogP) is 3.15. The molecule has 2 N–H and O–H groups in total. The fraction of sp³-hybridized carbons (Fsp3) is 0.429. The van der Waals surface area contributed by atoms with Gasteiger partial charge in [0.05, 0.1) is 0 Å². The molecule has 20 heavy (non-hydrogen) atoms.